The summed E-state index contributed by atoms with van der Waals surface area (Å²) in [5.74, 6) is 0. The molecule has 3 rings (SSSR count). The molecule has 0 amide bonds. The van der Waals surface area contributed by atoms with Crippen molar-refractivity contribution in [3.63, 3.8) is 0 Å². The lowest BCUT2D eigenvalue weighted by atomic mass is 9.82. The van der Waals surface area contributed by atoms with Gasteiger partial charge in [0.2, 0.25) is 0 Å². The third kappa shape index (κ3) is 7.00. The molecule has 3 heterocycles. The molecule has 0 bridgehead atoms. The van der Waals surface area contributed by atoms with E-state index in [4.69, 9.17) is 9.47 Å². The minimum Gasteiger partial charge on any atom is -0.421 e. The number of sulfonamides is 2. The van der Waals surface area contributed by atoms with Crippen molar-refractivity contribution in [3.05, 3.63) is 16.5 Å². The standard InChI is InChI=1S/C16H29N2O2.C2F6NO4S2/c1-4-15(10-19-11-15)8-17-6-7-18(3,14-17)9-16(5-2)12-20-13-16;3-1(4,5)14(10,11)9-15(12,13)2(6,7)8/h6-7H,4-5,8-14H2,1-3H3;/q+1;-1. The van der Waals surface area contributed by atoms with Gasteiger partial charge in [-0.05, 0) is 12.8 Å². The van der Waals surface area contributed by atoms with Crippen LogP contribution in [0.3, 0.4) is 0 Å². The second-order valence-corrected chi connectivity index (χ2v) is 12.9. The van der Waals surface area contributed by atoms with Crippen LogP contribution in [0, 0.1) is 10.8 Å². The van der Waals surface area contributed by atoms with E-state index in [1.54, 1.807) is 0 Å². The largest absolute Gasteiger partial charge is 0.480 e. The topological polar surface area (TPSA) is 104 Å². The minimum absolute atomic E-state index is 0.404. The molecular formula is C18H29F6N3O6S2. The summed E-state index contributed by atoms with van der Waals surface area (Å²) in [5.41, 5.74) is -11.6. The summed E-state index contributed by atoms with van der Waals surface area (Å²) in [7, 11) is -11.1. The number of quaternary nitrogens is 1. The highest BCUT2D eigenvalue weighted by atomic mass is 32.3. The van der Waals surface area contributed by atoms with Crippen LogP contribution in [0.4, 0.5) is 26.3 Å². The van der Waals surface area contributed by atoms with Crippen LogP contribution in [0.15, 0.2) is 12.4 Å². The highest BCUT2D eigenvalue weighted by molar-refractivity contribution is 8.13. The summed E-state index contributed by atoms with van der Waals surface area (Å²) in [6.07, 6.45) is 7.12. The first-order valence-electron chi connectivity index (χ1n) is 10.5. The van der Waals surface area contributed by atoms with Crippen molar-refractivity contribution >= 4 is 20.0 Å². The van der Waals surface area contributed by atoms with Gasteiger partial charge in [-0.15, -0.1) is 0 Å². The van der Waals surface area contributed by atoms with Gasteiger partial charge in [0, 0.05) is 12.0 Å². The highest BCUT2D eigenvalue weighted by Gasteiger charge is 2.48. The molecule has 0 aromatic rings. The average Bonchev–Trinajstić information content (AvgIpc) is 3.00. The molecule has 2 saturated heterocycles. The predicted molar refractivity (Wildman–Crippen MR) is 112 cm³/mol. The van der Waals surface area contributed by atoms with E-state index in [9.17, 15) is 43.2 Å². The molecule has 35 heavy (non-hydrogen) atoms. The van der Waals surface area contributed by atoms with E-state index in [0.717, 1.165) is 48.3 Å². The molecule has 3 aliphatic heterocycles. The van der Waals surface area contributed by atoms with E-state index < -0.39 is 31.1 Å². The number of hydrogen-bond acceptors (Lipinski definition) is 7. The molecule has 0 radical (unpaired) electrons. The van der Waals surface area contributed by atoms with Crippen molar-refractivity contribution in [2.75, 3.05) is 53.2 Å². The molecule has 0 aromatic heterocycles. The van der Waals surface area contributed by atoms with Crippen LogP contribution in [0.25, 0.3) is 4.13 Å². The zero-order chi connectivity index (χ0) is 27.0. The zero-order valence-corrected chi connectivity index (χ0v) is 21.0. The Balaban J connectivity index is 0.000000260. The van der Waals surface area contributed by atoms with Crippen LogP contribution in [0.5, 0.6) is 0 Å². The van der Waals surface area contributed by atoms with Crippen LogP contribution in [-0.4, -0.2) is 90.5 Å². The van der Waals surface area contributed by atoms with Crippen LogP contribution in [0.2, 0.25) is 0 Å². The smallest absolute Gasteiger partial charge is 0.421 e. The molecule has 0 spiro atoms. The molecule has 1 atom stereocenters. The lowest BCUT2D eigenvalue weighted by Crippen LogP contribution is -2.57. The third-order valence-corrected chi connectivity index (χ3v) is 9.03. The molecule has 0 aromatic carbocycles. The number of hydrogen-bond donors (Lipinski definition) is 0. The minimum atomic E-state index is -6.72. The lowest BCUT2D eigenvalue weighted by molar-refractivity contribution is -0.870. The summed E-state index contributed by atoms with van der Waals surface area (Å²) in [6, 6.07) is 0. The van der Waals surface area contributed by atoms with Gasteiger partial charge < -0.3 is 18.5 Å². The molecule has 0 saturated carbocycles. The molecule has 206 valence electrons. The van der Waals surface area contributed by atoms with Gasteiger partial charge in [-0.3, -0.25) is 4.48 Å². The SMILES string of the molecule is CCC1(CN2C=C[N+](C)(CC3(CC)COC3)C2)COC1.O=S(=O)([N-]S(=O)(=O)C(F)(F)F)C(F)(F)F. The third-order valence-electron chi connectivity index (χ3n) is 6.29. The summed E-state index contributed by atoms with van der Waals surface area (Å²) in [4.78, 5) is 2.49. The van der Waals surface area contributed by atoms with E-state index in [1.165, 1.54) is 19.4 Å². The fourth-order valence-electron chi connectivity index (χ4n) is 3.98. The Kier molecular flexibility index (Phi) is 8.56. The Morgan fingerprint density at radius 3 is 1.63 bits per heavy atom. The summed E-state index contributed by atoms with van der Waals surface area (Å²) < 4.78 is 121. The Bertz CT molecular complexity index is 938. The van der Waals surface area contributed by atoms with Crippen LogP contribution >= 0.6 is 0 Å². The monoisotopic (exact) mass is 561 g/mol. The molecule has 1 unspecified atom stereocenters. The van der Waals surface area contributed by atoms with Gasteiger partial charge in [-0.25, -0.2) is 16.8 Å². The van der Waals surface area contributed by atoms with E-state index in [0.29, 0.717) is 10.8 Å². The maximum Gasteiger partial charge on any atom is 0.480 e. The van der Waals surface area contributed by atoms with Gasteiger partial charge in [0.15, 0.2) is 26.7 Å². The fraction of sp³-hybridized carbons (Fsp3) is 0.889. The number of nitrogens with zero attached hydrogens (tertiary/aromatic N) is 3. The van der Waals surface area contributed by atoms with Crippen LogP contribution in [0.1, 0.15) is 26.7 Å². The Morgan fingerprint density at radius 1 is 0.886 bits per heavy atom. The van der Waals surface area contributed by atoms with Crippen molar-refractivity contribution < 1.29 is 57.1 Å². The van der Waals surface area contributed by atoms with Gasteiger partial charge in [0.1, 0.15) is 6.20 Å². The van der Waals surface area contributed by atoms with Gasteiger partial charge in [0.05, 0.1) is 51.6 Å². The van der Waals surface area contributed by atoms with E-state index in [-0.39, 0.29) is 0 Å². The molecule has 2 fully saturated rings. The molecule has 3 aliphatic rings. The summed E-state index contributed by atoms with van der Waals surface area (Å²) in [6.45, 7) is 11.8. The van der Waals surface area contributed by atoms with Gasteiger partial charge in [0.25, 0.3) is 0 Å². The highest BCUT2D eigenvalue weighted by Crippen LogP contribution is 2.38. The van der Waals surface area contributed by atoms with E-state index >= 15 is 0 Å². The first-order valence-corrected chi connectivity index (χ1v) is 13.4. The van der Waals surface area contributed by atoms with Gasteiger partial charge in [-0.2, -0.15) is 26.3 Å². The second kappa shape index (κ2) is 9.96. The molecule has 0 N–H and O–H groups in total. The molecule has 9 nitrogen and oxygen atoms in total. The summed E-state index contributed by atoms with van der Waals surface area (Å²) >= 11 is 0. The van der Waals surface area contributed by atoms with Crippen molar-refractivity contribution in [1.82, 2.24) is 4.90 Å². The quantitative estimate of drug-likeness (QED) is 0.331. The number of halogens is 6. The number of ether oxygens (including phenoxy) is 2. The van der Waals surface area contributed by atoms with Crippen LogP contribution in [-0.2, 0) is 29.5 Å². The normalized spacial score (nSPS) is 25.9. The van der Waals surface area contributed by atoms with Gasteiger partial charge >= 0.3 is 11.0 Å². The first-order chi connectivity index (χ1) is 15.7. The maximum absolute atomic E-state index is 11.4. The maximum atomic E-state index is 11.4. The molecule has 0 aliphatic carbocycles. The van der Waals surface area contributed by atoms with E-state index in [1.807, 2.05) is 0 Å². The van der Waals surface area contributed by atoms with Crippen molar-refractivity contribution in [1.29, 1.82) is 0 Å². The predicted octanol–water partition coefficient (Wildman–Crippen LogP) is 3.09. The Hall–Kier alpha value is -1.14. The zero-order valence-electron chi connectivity index (χ0n) is 19.4. The Labute approximate surface area is 200 Å². The Morgan fingerprint density at radius 2 is 1.31 bits per heavy atom. The molecule has 17 heteroatoms. The van der Waals surface area contributed by atoms with Crippen molar-refractivity contribution in [2.45, 2.75) is 37.7 Å². The van der Waals surface area contributed by atoms with E-state index in [2.05, 4.69) is 38.2 Å². The summed E-state index contributed by atoms with van der Waals surface area (Å²) in [5, 5.41) is 0. The lowest BCUT2D eigenvalue weighted by Gasteiger charge is -2.46. The van der Waals surface area contributed by atoms with Gasteiger partial charge in [-0.1, -0.05) is 13.8 Å². The average molecular weight is 562 g/mol. The first kappa shape index (κ1) is 30.1. The van der Waals surface area contributed by atoms with Crippen molar-refractivity contribution in [2.24, 2.45) is 10.8 Å². The van der Waals surface area contributed by atoms with Crippen molar-refractivity contribution in [3.8, 4) is 0 Å². The number of rotatable bonds is 8. The number of alkyl halides is 6. The fourth-order valence-corrected chi connectivity index (χ4v) is 5.69. The van der Waals surface area contributed by atoms with Crippen LogP contribution < -0.4 is 0 Å². The second-order valence-electron chi connectivity index (χ2n) is 9.43. The molecular weight excluding hydrogens is 532 g/mol.